The summed E-state index contributed by atoms with van der Waals surface area (Å²) in [5.41, 5.74) is 5.78. The average Bonchev–Trinajstić information content (AvgIpc) is 2.62. The Bertz CT molecular complexity index is 783. The van der Waals surface area contributed by atoms with Gasteiger partial charge in [-0.15, -0.1) is 0 Å². The lowest BCUT2D eigenvalue weighted by Gasteiger charge is -2.10. The number of nitrogens with one attached hydrogen (secondary N) is 1. The molecular formula is C16H18N4O6. The van der Waals surface area contributed by atoms with Crippen molar-refractivity contribution in [1.82, 2.24) is 0 Å². The molecule has 0 unspecified atom stereocenters. The first kappa shape index (κ1) is 18.9. The third-order valence-corrected chi connectivity index (χ3v) is 3.35. The number of nitrogens with two attached hydrogens (primary N) is 1. The minimum atomic E-state index is -0.681. The molecule has 0 heterocycles. The number of hydrogen-bond acceptors (Lipinski definition) is 8. The maximum atomic E-state index is 11.0. The van der Waals surface area contributed by atoms with E-state index in [1.54, 1.807) is 12.1 Å². The summed E-state index contributed by atoms with van der Waals surface area (Å²) < 4.78 is 10.8. The molecule has 3 N–H and O–H groups in total. The van der Waals surface area contributed by atoms with Crippen molar-refractivity contribution in [2.24, 2.45) is 0 Å². The van der Waals surface area contributed by atoms with Crippen molar-refractivity contribution in [2.75, 3.05) is 37.4 Å². The summed E-state index contributed by atoms with van der Waals surface area (Å²) in [7, 11) is 0. The van der Waals surface area contributed by atoms with Crippen LogP contribution in [0.2, 0.25) is 0 Å². The molecule has 10 nitrogen and oxygen atoms in total. The molecule has 2 rings (SSSR count). The Hall–Kier alpha value is -3.40. The quantitative estimate of drug-likeness (QED) is 0.284. The molecule has 0 amide bonds. The number of nitro groups is 2. The molecule has 0 aromatic heterocycles. The first-order valence-corrected chi connectivity index (χ1v) is 7.71. The Morgan fingerprint density at radius 1 is 1.00 bits per heavy atom. The lowest BCUT2D eigenvalue weighted by atomic mass is 10.2. The van der Waals surface area contributed by atoms with E-state index in [9.17, 15) is 20.2 Å². The van der Waals surface area contributed by atoms with Gasteiger partial charge in [-0.1, -0.05) is 12.1 Å². The predicted molar refractivity (Wildman–Crippen MR) is 95.4 cm³/mol. The number of benzene rings is 2. The molecule has 0 bridgehead atoms. The predicted octanol–water partition coefficient (Wildman–Crippen LogP) is 2.59. The van der Waals surface area contributed by atoms with Gasteiger partial charge in [0.2, 0.25) is 0 Å². The molecular weight excluding hydrogens is 344 g/mol. The Kier molecular flexibility index (Phi) is 6.68. The first-order chi connectivity index (χ1) is 12.5. The van der Waals surface area contributed by atoms with Crippen LogP contribution in [0.3, 0.4) is 0 Å². The summed E-state index contributed by atoms with van der Waals surface area (Å²) in [6, 6.07) is 10.5. The fraction of sp³-hybridized carbons (Fsp3) is 0.250. The van der Waals surface area contributed by atoms with Gasteiger partial charge in [0, 0.05) is 12.6 Å². The van der Waals surface area contributed by atoms with Gasteiger partial charge in [0.25, 0.3) is 11.4 Å². The molecule has 0 aliphatic carbocycles. The second kappa shape index (κ2) is 9.18. The number of nitrogens with zero attached hydrogens (tertiary/aromatic N) is 2. The maximum absolute atomic E-state index is 11.0. The van der Waals surface area contributed by atoms with E-state index in [1.165, 1.54) is 12.1 Å². The zero-order valence-corrected chi connectivity index (χ0v) is 13.8. The summed E-state index contributed by atoms with van der Waals surface area (Å²) in [5, 5.41) is 24.5. The normalized spacial score (nSPS) is 10.3. The van der Waals surface area contributed by atoms with Crippen LogP contribution in [0.1, 0.15) is 0 Å². The van der Waals surface area contributed by atoms with Crippen LogP contribution >= 0.6 is 0 Å². The number of nitrogen functional groups attached to an aromatic ring is 1. The second-order valence-electron chi connectivity index (χ2n) is 5.14. The molecule has 0 atom stereocenters. The number of anilines is 2. The smallest absolute Gasteiger partial charge is 0.299 e. The van der Waals surface area contributed by atoms with E-state index in [0.717, 1.165) is 6.07 Å². The molecule has 0 saturated carbocycles. The van der Waals surface area contributed by atoms with Gasteiger partial charge in [0.1, 0.15) is 18.0 Å². The lowest BCUT2D eigenvalue weighted by molar-refractivity contribution is -0.393. The van der Waals surface area contributed by atoms with Crippen molar-refractivity contribution in [1.29, 1.82) is 0 Å². The van der Waals surface area contributed by atoms with Crippen LogP contribution in [0.15, 0.2) is 42.5 Å². The first-order valence-electron chi connectivity index (χ1n) is 7.71. The van der Waals surface area contributed by atoms with E-state index in [0.29, 0.717) is 31.2 Å². The van der Waals surface area contributed by atoms with E-state index >= 15 is 0 Å². The van der Waals surface area contributed by atoms with Crippen LogP contribution in [0.25, 0.3) is 0 Å². The highest BCUT2D eigenvalue weighted by Gasteiger charge is 2.18. The fourth-order valence-corrected chi connectivity index (χ4v) is 2.12. The zero-order valence-electron chi connectivity index (χ0n) is 13.8. The molecule has 0 radical (unpaired) electrons. The minimum Gasteiger partial charge on any atom is -0.489 e. The zero-order chi connectivity index (χ0) is 18.9. The van der Waals surface area contributed by atoms with Crippen molar-refractivity contribution in [3.05, 3.63) is 62.7 Å². The Morgan fingerprint density at radius 3 is 2.46 bits per heavy atom. The SMILES string of the molecule is Nc1ccccc1OCCOCCNc1ccc([N+](=O)[O-])cc1[N+](=O)[O-]. The van der Waals surface area contributed by atoms with E-state index < -0.39 is 9.85 Å². The molecule has 0 fully saturated rings. The van der Waals surface area contributed by atoms with Crippen LogP contribution in [0, 0.1) is 20.2 Å². The Morgan fingerprint density at radius 2 is 1.77 bits per heavy atom. The van der Waals surface area contributed by atoms with Crippen LogP contribution in [0.5, 0.6) is 5.75 Å². The molecule has 10 heteroatoms. The van der Waals surface area contributed by atoms with Crippen LogP contribution in [0.4, 0.5) is 22.7 Å². The van der Waals surface area contributed by atoms with Gasteiger partial charge in [-0.3, -0.25) is 20.2 Å². The lowest BCUT2D eigenvalue weighted by Crippen LogP contribution is -2.14. The Balaban J connectivity index is 1.73. The molecule has 2 aromatic rings. The summed E-state index contributed by atoms with van der Waals surface area (Å²) in [6.07, 6.45) is 0. The molecule has 138 valence electrons. The summed E-state index contributed by atoms with van der Waals surface area (Å²) in [5.74, 6) is 0.579. The van der Waals surface area contributed by atoms with Gasteiger partial charge in [0.05, 0.1) is 34.8 Å². The molecule has 0 saturated heterocycles. The average molecular weight is 362 g/mol. The van der Waals surface area contributed by atoms with Crippen LogP contribution < -0.4 is 15.8 Å². The Labute approximate surface area is 148 Å². The number of hydrogen-bond donors (Lipinski definition) is 2. The van der Waals surface area contributed by atoms with Crippen molar-refractivity contribution in [2.45, 2.75) is 0 Å². The van der Waals surface area contributed by atoms with Gasteiger partial charge in [-0.05, 0) is 18.2 Å². The van der Waals surface area contributed by atoms with E-state index in [2.05, 4.69) is 5.32 Å². The van der Waals surface area contributed by atoms with Gasteiger partial charge in [-0.25, -0.2) is 0 Å². The van der Waals surface area contributed by atoms with Gasteiger partial charge in [0.15, 0.2) is 0 Å². The molecule has 26 heavy (non-hydrogen) atoms. The fourth-order valence-electron chi connectivity index (χ4n) is 2.12. The van der Waals surface area contributed by atoms with Gasteiger partial charge in [-0.2, -0.15) is 0 Å². The third-order valence-electron chi connectivity index (χ3n) is 3.35. The minimum absolute atomic E-state index is 0.192. The monoisotopic (exact) mass is 362 g/mol. The van der Waals surface area contributed by atoms with Crippen molar-refractivity contribution in [3.8, 4) is 5.75 Å². The van der Waals surface area contributed by atoms with Crippen molar-refractivity contribution >= 4 is 22.7 Å². The summed E-state index contributed by atoms with van der Waals surface area (Å²) in [6.45, 7) is 1.21. The number of para-hydroxylation sites is 2. The highest BCUT2D eigenvalue weighted by Crippen LogP contribution is 2.28. The largest absolute Gasteiger partial charge is 0.489 e. The maximum Gasteiger partial charge on any atom is 0.299 e. The third kappa shape index (κ3) is 5.31. The molecule has 0 spiro atoms. The number of nitro benzene ring substituents is 2. The molecule has 0 aliphatic rings. The highest BCUT2D eigenvalue weighted by atomic mass is 16.6. The van der Waals surface area contributed by atoms with E-state index in [1.807, 2.05) is 12.1 Å². The highest BCUT2D eigenvalue weighted by molar-refractivity contribution is 5.65. The van der Waals surface area contributed by atoms with Crippen molar-refractivity contribution < 1.29 is 19.3 Å². The van der Waals surface area contributed by atoms with Crippen molar-refractivity contribution in [3.63, 3.8) is 0 Å². The number of ether oxygens (including phenoxy) is 2. The van der Waals surface area contributed by atoms with Crippen LogP contribution in [-0.4, -0.2) is 36.2 Å². The van der Waals surface area contributed by atoms with Gasteiger partial charge >= 0.3 is 0 Å². The molecule has 2 aromatic carbocycles. The second-order valence-corrected chi connectivity index (χ2v) is 5.14. The van der Waals surface area contributed by atoms with E-state index in [4.69, 9.17) is 15.2 Å². The topological polar surface area (TPSA) is 143 Å². The molecule has 0 aliphatic heterocycles. The summed E-state index contributed by atoms with van der Waals surface area (Å²) in [4.78, 5) is 20.4. The van der Waals surface area contributed by atoms with Gasteiger partial charge < -0.3 is 20.5 Å². The standard InChI is InChI=1S/C16H18N4O6/c17-13-3-1-2-4-16(13)26-10-9-25-8-7-18-14-6-5-12(19(21)22)11-15(14)20(23)24/h1-6,11,18H,7-10,17H2. The van der Waals surface area contributed by atoms with E-state index in [-0.39, 0.29) is 23.7 Å². The van der Waals surface area contributed by atoms with Crippen LogP contribution in [-0.2, 0) is 4.74 Å². The number of non-ortho nitro benzene ring substituents is 1. The summed E-state index contributed by atoms with van der Waals surface area (Å²) >= 11 is 0. The number of rotatable bonds is 10.